The molecule has 0 unspecified atom stereocenters. The van der Waals surface area contributed by atoms with Gasteiger partial charge in [0.25, 0.3) is 0 Å². The lowest BCUT2D eigenvalue weighted by Crippen LogP contribution is -2.20. The number of carbonyl (C=O) groups is 1. The van der Waals surface area contributed by atoms with Crippen molar-refractivity contribution in [3.63, 3.8) is 0 Å². The van der Waals surface area contributed by atoms with Gasteiger partial charge in [0.1, 0.15) is 5.82 Å². The first-order valence-corrected chi connectivity index (χ1v) is 9.95. The number of anilines is 3. The van der Waals surface area contributed by atoms with Crippen molar-refractivity contribution in [3.05, 3.63) is 59.7 Å². The average Bonchev–Trinajstić information content (AvgIpc) is 3.36. The Morgan fingerprint density at radius 1 is 1.00 bits per heavy atom. The Morgan fingerprint density at radius 2 is 1.67 bits per heavy atom. The molecule has 0 spiro atoms. The van der Waals surface area contributed by atoms with E-state index in [1.165, 1.54) is 23.5 Å². The van der Waals surface area contributed by atoms with Gasteiger partial charge in [0, 0.05) is 28.2 Å². The van der Waals surface area contributed by atoms with E-state index in [0.29, 0.717) is 0 Å². The highest BCUT2D eigenvalue weighted by molar-refractivity contribution is 7.14. The Bertz CT molecular complexity index is 915. The summed E-state index contributed by atoms with van der Waals surface area (Å²) >= 11 is 1.49. The molecule has 0 bridgehead atoms. The van der Waals surface area contributed by atoms with Crippen molar-refractivity contribution in [2.75, 3.05) is 10.6 Å². The first-order valence-electron chi connectivity index (χ1n) is 9.07. The summed E-state index contributed by atoms with van der Waals surface area (Å²) in [5.41, 5.74) is 3.45. The summed E-state index contributed by atoms with van der Waals surface area (Å²) in [5, 5.41) is 8.89. The molecular formula is C21H20FN3OS. The topological polar surface area (TPSA) is 54.0 Å². The van der Waals surface area contributed by atoms with Gasteiger partial charge in [-0.25, -0.2) is 9.37 Å². The molecule has 6 heteroatoms. The number of carbonyl (C=O) groups excluding carboxylic acids is 1. The highest BCUT2D eigenvalue weighted by Gasteiger charge is 2.22. The first-order chi connectivity index (χ1) is 13.2. The smallest absolute Gasteiger partial charge is 0.227 e. The zero-order valence-electron chi connectivity index (χ0n) is 14.7. The van der Waals surface area contributed by atoms with Crippen molar-refractivity contribution in [1.29, 1.82) is 0 Å². The van der Waals surface area contributed by atoms with Crippen molar-refractivity contribution in [2.24, 2.45) is 5.92 Å². The molecule has 1 heterocycles. The molecule has 0 aliphatic heterocycles. The molecule has 1 aromatic heterocycles. The van der Waals surface area contributed by atoms with Crippen LogP contribution in [-0.4, -0.2) is 10.9 Å². The van der Waals surface area contributed by atoms with E-state index in [4.69, 9.17) is 0 Å². The zero-order valence-corrected chi connectivity index (χ0v) is 15.6. The first kappa shape index (κ1) is 17.7. The lowest BCUT2D eigenvalue weighted by molar-refractivity contribution is -0.119. The maximum absolute atomic E-state index is 13.0. The van der Waals surface area contributed by atoms with Gasteiger partial charge in [-0.1, -0.05) is 25.0 Å². The highest BCUT2D eigenvalue weighted by atomic mass is 32.1. The number of thiazole rings is 1. The van der Waals surface area contributed by atoms with Crippen LogP contribution in [0.15, 0.2) is 53.9 Å². The quantitative estimate of drug-likeness (QED) is 0.585. The third-order valence-corrected chi connectivity index (χ3v) is 5.53. The Morgan fingerprint density at radius 3 is 2.37 bits per heavy atom. The fraction of sp³-hybridized carbons (Fsp3) is 0.238. The number of aromatic nitrogens is 1. The fourth-order valence-electron chi connectivity index (χ4n) is 3.28. The summed E-state index contributed by atoms with van der Waals surface area (Å²) in [5.74, 6) is 0.0171. The summed E-state index contributed by atoms with van der Waals surface area (Å²) in [4.78, 5) is 16.8. The van der Waals surface area contributed by atoms with Crippen molar-refractivity contribution < 1.29 is 9.18 Å². The van der Waals surface area contributed by atoms with Gasteiger partial charge in [-0.05, 0) is 49.2 Å². The van der Waals surface area contributed by atoms with E-state index in [0.717, 1.165) is 53.4 Å². The van der Waals surface area contributed by atoms with Crippen molar-refractivity contribution in [3.8, 4) is 11.3 Å². The minimum atomic E-state index is -0.263. The van der Waals surface area contributed by atoms with Crippen LogP contribution in [0.1, 0.15) is 25.7 Å². The summed E-state index contributed by atoms with van der Waals surface area (Å²) in [6, 6.07) is 13.9. The van der Waals surface area contributed by atoms with Gasteiger partial charge >= 0.3 is 0 Å². The van der Waals surface area contributed by atoms with Gasteiger partial charge in [-0.15, -0.1) is 11.3 Å². The van der Waals surface area contributed by atoms with Crippen LogP contribution in [0.25, 0.3) is 11.3 Å². The molecule has 2 N–H and O–H groups in total. The predicted molar refractivity (Wildman–Crippen MR) is 108 cm³/mol. The second-order valence-corrected chi connectivity index (χ2v) is 7.58. The second-order valence-electron chi connectivity index (χ2n) is 6.72. The third-order valence-electron chi connectivity index (χ3n) is 4.77. The molecule has 27 heavy (non-hydrogen) atoms. The number of benzene rings is 2. The molecule has 0 atom stereocenters. The molecule has 1 fully saturated rings. The van der Waals surface area contributed by atoms with E-state index in [2.05, 4.69) is 15.6 Å². The minimum Gasteiger partial charge on any atom is -0.332 e. The maximum atomic E-state index is 13.0. The van der Waals surface area contributed by atoms with Gasteiger partial charge < -0.3 is 10.6 Å². The minimum absolute atomic E-state index is 0.125. The van der Waals surface area contributed by atoms with Crippen molar-refractivity contribution in [1.82, 2.24) is 4.98 Å². The molecule has 0 radical (unpaired) electrons. The van der Waals surface area contributed by atoms with Gasteiger partial charge in [0.15, 0.2) is 5.13 Å². The molecule has 4 nitrogen and oxygen atoms in total. The fourth-order valence-corrected chi connectivity index (χ4v) is 4.02. The largest absolute Gasteiger partial charge is 0.332 e. The summed E-state index contributed by atoms with van der Waals surface area (Å²) in [6.07, 6.45) is 4.28. The van der Waals surface area contributed by atoms with E-state index in [1.54, 1.807) is 12.1 Å². The lowest BCUT2D eigenvalue weighted by Gasteiger charge is -2.10. The molecule has 2 aromatic carbocycles. The lowest BCUT2D eigenvalue weighted by atomic mass is 10.1. The summed E-state index contributed by atoms with van der Waals surface area (Å²) < 4.78 is 13.0. The Labute approximate surface area is 161 Å². The van der Waals surface area contributed by atoms with Gasteiger partial charge in [0.2, 0.25) is 5.91 Å². The highest BCUT2D eigenvalue weighted by Crippen LogP contribution is 2.29. The van der Waals surface area contributed by atoms with Crippen molar-refractivity contribution >= 4 is 33.8 Å². The Balaban J connectivity index is 1.40. The standard InChI is InChI=1S/C21H20FN3OS/c22-16-7-11-18(12-8-16)24-21-25-19(13-27-21)14-5-9-17(10-6-14)23-20(26)15-3-1-2-4-15/h5-13,15H,1-4H2,(H,23,26)(H,24,25). The van der Waals surface area contributed by atoms with E-state index in [9.17, 15) is 9.18 Å². The third kappa shape index (κ3) is 4.34. The van der Waals surface area contributed by atoms with Crippen LogP contribution in [0.4, 0.5) is 20.9 Å². The van der Waals surface area contributed by atoms with Crippen LogP contribution in [0.2, 0.25) is 0 Å². The SMILES string of the molecule is O=C(Nc1ccc(-c2csc(Nc3ccc(F)cc3)n2)cc1)C1CCCC1. The number of nitrogens with one attached hydrogen (secondary N) is 2. The molecule has 1 aliphatic carbocycles. The molecule has 3 aromatic rings. The Hall–Kier alpha value is -2.73. The molecule has 1 saturated carbocycles. The van der Waals surface area contributed by atoms with E-state index < -0.39 is 0 Å². The molecular weight excluding hydrogens is 361 g/mol. The molecule has 1 amide bonds. The number of nitrogens with zero attached hydrogens (tertiary/aromatic N) is 1. The molecule has 1 aliphatic rings. The molecule has 4 rings (SSSR count). The number of amides is 1. The zero-order chi connectivity index (χ0) is 18.6. The number of hydrogen-bond acceptors (Lipinski definition) is 4. The van der Waals surface area contributed by atoms with Crippen LogP contribution >= 0.6 is 11.3 Å². The van der Waals surface area contributed by atoms with E-state index in [-0.39, 0.29) is 17.6 Å². The van der Waals surface area contributed by atoms with Crippen LogP contribution in [0.5, 0.6) is 0 Å². The summed E-state index contributed by atoms with van der Waals surface area (Å²) in [6.45, 7) is 0. The van der Waals surface area contributed by atoms with Gasteiger partial charge in [0.05, 0.1) is 5.69 Å². The van der Waals surface area contributed by atoms with E-state index in [1.807, 2.05) is 29.6 Å². The van der Waals surface area contributed by atoms with Crippen molar-refractivity contribution in [2.45, 2.75) is 25.7 Å². The van der Waals surface area contributed by atoms with Gasteiger partial charge in [-0.2, -0.15) is 0 Å². The second kappa shape index (κ2) is 7.88. The average molecular weight is 381 g/mol. The molecule has 0 saturated heterocycles. The van der Waals surface area contributed by atoms with Crippen LogP contribution in [0, 0.1) is 11.7 Å². The number of rotatable bonds is 5. The van der Waals surface area contributed by atoms with Crippen LogP contribution < -0.4 is 10.6 Å². The predicted octanol–water partition coefficient (Wildman–Crippen LogP) is 5.82. The van der Waals surface area contributed by atoms with Crippen LogP contribution in [-0.2, 0) is 4.79 Å². The Kier molecular flexibility index (Phi) is 5.16. The summed E-state index contributed by atoms with van der Waals surface area (Å²) in [7, 11) is 0. The van der Waals surface area contributed by atoms with Crippen LogP contribution in [0.3, 0.4) is 0 Å². The number of halogens is 1. The maximum Gasteiger partial charge on any atom is 0.227 e. The number of hydrogen-bond donors (Lipinski definition) is 2. The normalized spacial score (nSPS) is 14.3. The molecule has 138 valence electrons. The van der Waals surface area contributed by atoms with E-state index >= 15 is 0 Å². The monoisotopic (exact) mass is 381 g/mol. The van der Waals surface area contributed by atoms with Gasteiger partial charge in [-0.3, -0.25) is 4.79 Å².